The van der Waals surface area contributed by atoms with Crippen LogP contribution in [0.25, 0.3) is 0 Å². The first-order valence-corrected chi connectivity index (χ1v) is 4.64. The minimum Gasteiger partial charge on any atom is -0.481 e. The van der Waals surface area contributed by atoms with E-state index in [1.54, 1.807) is 0 Å². The van der Waals surface area contributed by atoms with Crippen LogP contribution < -0.4 is 5.32 Å². The van der Waals surface area contributed by atoms with Gasteiger partial charge in [0, 0.05) is 5.71 Å². The zero-order valence-corrected chi connectivity index (χ0v) is 8.73. The number of carboxylic acids is 1. The highest BCUT2D eigenvalue weighted by atomic mass is 16.5. The van der Waals surface area contributed by atoms with Crippen LogP contribution in [0.15, 0.2) is 4.99 Å². The average Bonchev–Trinajstić information content (AvgIpc) is 2.54. The summed E-state index contributed by atoms with van der Waals surface area (Å²) < 4.78 is 4.39. The number of hydrogen-bond acceptors (Lipinski definition) is 5. The summed E-state index contributed by atoms with van der Waals surface area (Å²) in [5.74, 6) is -1.84. The number of esters is 1. The molecule has 1 saturated heterocycles. The van der Waals surface area contributed by atoms with Crippen LogP contribution in [-0.4, -0.2) is 48.4 Å². The molecule has 0 aromatic rings. The van der Waals surface area contributed by atoms with Crippen LogP contribution in [0.1, 0.15) is 12.8 Å². The Morgan fingerprint density at radius 1 is 1.62 bits per heavy atom. The van der Waals surface area contributed by atoms with Crippen LogP contribution in [-0.2, 0) is 19.1 Å². The number of carbonyl (C=O) groups is 3. The molecule has 0 unspecified atom stereocenters. The summed E-state index contributed by atoms with van der Waals surface area (Å²) >= 11 is 0. The zero-order chi connectivity index (χ0) is 12.1. The molecule has 0 bridgehead atoms. The van der Waals surface area contributed by atoms with E-state index < -0.39 is 18.0 Å². The predicted octanol–water partition coefficient (Wildman–Crippen LogP) is -1.04. The van der Waals surface area contributed by atoms with Gasteiger partial charge in [-0.25, -0.2) is 0 Å². The first-order valence-electron chi connectivity index (χ1n) is 4.64. The topological polar surface area (TPSA) is 105 Å². The maximum absolute atomic E-state index is 11.1. The SMILES string of the molecule is COC(=O)CN=C1CC(=O)N[C@H]1CC(=O)O. The van der Waals surface area contributed by atoms with Crippen LogP contribution in [0, 0.1) is 0 Å². The van der Waals surface area contributed by atoms with E-state index in [9.17, 15) is 14.4 Å². The number of methoxy groups -OCH3 is 1. The molecule has 1 amide bonds. The lowest BCUT2D eigenvalue weighted by Crippen LogP contribution is -2.32. The van der Waals surface area contributed by atoms with Crippen molar-refractivity contribution in [3.63, 3.8) is 0 Å². The van der Waals surface area contributed by atoms with Crippen molar-refractivity contribution in [3.05, 3.63) is 0 Å². The Balaban J connectivity index is 2.65. The number of ether oxygens (including phenoxy) is 1. The number of carboxylic acid groups (broad SMARTS) is 1. The fourth-order valence-corrected chi connectivity index (χ4v) is 1.36. The molecule has 16 heavy (non-hydrogen) atoms. The Labute approximate surface area is 91.5 Å². The largest absolute Gasteiger partial charge is 0.481 e. The summed E-state index contributed by atoms with van der Waals surface area (Å²) in [7, 11) is 1.23. The van der Waals surface area contributed by atoms with E-state index in [0.717, 1.165) is 0 Å². The molecular weight excluding hydrogens is 216 g/mol. The fraction of sp³-hybridized carbons (Fsp3) is 0.556. The number of hydrogen-bond donors (Lipinski definition) is 2. The van der Waals surface area contributed by atoms with Crippen molar-refractivity contribution in [2.24, 2.45) is 4.99 Å². The molecule has 0 aliphatic carbocycles. The Morgan fingerprint density at radius 2 is 2.31 bits per heavy atom. The van der Waals surface area contributed by atoms with Gasteiger partial charge < -0.3 is 15.2 Å². The van der Waals surface area contributed by atoms with Crippen LogP contribution >= 0.6 is 0 Å². The van der Waals surface area contributed by atoms with Gasteiger partial charge in [0.1, 0.15) is 6.54 Å². The van der Waals surface area contributed by atoms with Crippen molar-refractivity contribution in [1.82, 2.24) is 5.32 Å². The number of rotatable bonds is 4. The van der Waals surface area contributed by atoms with Crippen LogP contribution in [0.5, 0.6) is 0 Å². The highest BCUT2D eigenvalue weighted by Gasteiger charge is 2.29. The Hall–Kier alpha value is -1.92. The van der Waals surface area contributed by atoms with Gasteiger partial charge in [-0.15, -0.1) is 0 Å². The van der Waals surface area contributed by atoms with Gasteiger partial charge in [-0.3, -0.25) is 19.4 Å². The normalized spacial score (nSPS) is 21.9. The molecular formula is C9H12N2O5. The van der Waals surface area contributed by atoms with Crippen molar-refractivity contribution in [1.29, 1.82) is 0 Å². The standard InChI is InChI=1S/C9H12N2O5/c1-16-9(15)4-10-5-2-7(12)11-6(5)3-8(13)14/h6H,2-4H2,1H3,(H,11,12)(H,13,14)/t6-/m0/s1. The van der Waals surface area contributed by atoms with E-state index in [0.29, 0.717) is 5.71 Å². The zero-order valence-electron chi connectivity index (χ0n) is 8.73. The van der Waals surface area contributed by atoms with Gasteiger partial charge in [0.05, 0.1) is 26.0 Å². The number of nitrogens with one attached hydrogen (secondary N) is 1. The second kappa shape index (κ2) is 5.24. The lowest BCUT2D eigenvalue weighted by atomic mass is 10.1. The third-order valence-corrected chi connectivity index (χ3v) is 2.10. The molecule has 0 aromatic carbocycles. The average molecular weight is 228 g/mol. The second-order valence-corrected chi connectivity index (χ2v) is 3.28. The molecule has 7 heteroatoms. The highest BCUT2D eigenvalue weighted by molar-refractivity contribution is 6.11. The summed E-state index contributed by atoms with van der Waals surface area (Å²) in [6.45, 7) is -0.198. The molecule has 0 aromatic heterocycles. The lowest BCUT2D eigenvalue weighted by Gasteiger charge is -2.07. The molecule has 88 valence electrons. The molecule has 1 fully saturated rings. The maximum Gasteiger partial charge on any atom is 0.327 e. The van der Waals surface area contributed by atoms with E-state index in [1.165, 1.54) is 7.11 Å². The number of nitrogens with zero attached hydrogens (tertiary/aromatic N) is 1. The second-order valence-electron chi connectivity index (χ2n) is 3.28. The van der Waals surface area contributed by atoms with Crippen molar-refractivity contribution >= 4 is 23.6 Å². The molecule has 1 heterocycles. The molecule has 2 N–H and O–H groups in total. The van der Waals surface area contributed by atoms with E-state index in [4.69, 9.17) is 5.11 Å². The Bertz CT molecular complexity index is 350. The van der Waals surface area contributed by atoms with Crippen LogP contribution in [0.4, 0.5) is 0 Å². The molecule has 1 rings (SSSR count). The Kier molecular flexibility index (Phi) is 3.98. The van der Waals surface area contributed by atoms with Gasteiger partial charge in [0.25, 0.3) is 0 Å². The molecule has 1 aliphatic heterocycles. The summed E-state index contributed by atoms with van der Waals surface area (Å²) in [6, 6.07) is -0.616. The summed E-state index contributed by atoms with van der Waals surface area (Å²) in [6.07, 6.45) is -0.194. The third-order valence-electron chi connectivity index (χ3n) is 2.10. The maximum atomic E-state index is 11.1. The van der Waals surface area contributed by atoms with Crippen molar-refractivity contribution < 1.29 is 24.2 Å². The van der Waals surface area contributed by atoms with Crippen LogP contribution in [0.2, 0.25) is 0 Å². The van der Waals surface area contributed by atoms with Gasteiger partial charge in [-0.1, -0.05) is 0 Å². The van der Waals surface area contributed by atoms with E-state index in [1.807, 2.05) is 0 Å². The lowest BCUT2D eigenvalue weighted by molar-refractivity contribution is -0.139. The van der Waals surface area contributed by atoms with E-state index in [2.05, 4.69) is 15.0 Å². The Morgan fingerprint density at radius 3 is 2.88 bits per heavy atom. The smallest absolute Gasteiger partial charge is 0.327 e. The fourth-order valence-electron chi connectivity index (χ4n) is 1.36. The van der Waals surface area contributed by atoms with Crippen molar-refractivity contribution in [2.45, 2.75) is 18.9 Å². The van der Waals surface area contributed by atoms with Crippen LogP contribution in [0.3, 0.4) is 0 Å². The highest BCUT2D eigenvalue weighted by Crippen LogP contribution is 2.08. The summed E-state index contributed by atoms with van der Waals surface area (Å²) in [5.41, 5.74) is 0.387. The minimum absolute atomic E-state index is 0.0366. The van der Waals surface area contributed by atoms with Gasteiger partial charge >= 0.3 is 11.9 Å². The summed E-state index contributed by atoms with van der Waals surface area (Å²) in [4.78, 5) is 36.3. The molecule has 0 radical (unpaired) electrons. The summed E-state index contributed by atoms with van der Waals surface area (Å²) in [5, 5.41) is 11.1. The van der Waals surface area contributed by atoms with Gasteiger partial charge in [-0.2, -0.15) is 0 Å². The predicted molar refractivity (Wildman–Crippen MR) is 53.1 cm³/mol. The van der Waals surface area contributed by atoms with Crippen molar-refractivity contribution in [2.75, 3.05) is 13.7 Å². The monoisotopic (exact) mass is 228 g/mol. The first kappa shape index (κ1) is 12.2. The number of amides is 1. The van der Waals surface area contributed by atoms with E-state index in [-0.39, 0.29) is 25.3 Å². The molecule has 0 saturated carbocycles. The number of carbonyl (C=O) groups excluding carboxylic acids is 2. The van der Waals surface area contributed by atoms with Gasteiger partial charge in [0.2, 0.25) is 5.91 Å². The molecule has 7 nitrogen and oxygen atoms in total. The third kappa shape index (κ3) is 3.34. The number of aliphatic carboxylic acids is 1. The number of aliphatic imine (C=N–C) groups is 1. The first-order chi connectivity index (χ1) is 7.52. The van der Waals surface area contributed by atoms with Gasteiger partial charge in [0.15, 0.2) is 0 Å². The minimum atomic E-state index is -1.03. The molecule has 0 spiro atoms. The van der Waals surface area contributed by atoms with E-state index >= 15 is 0 Å². The van der Waals surface area contributed by atoms with Crippen molar-refractivity contribution in [3.8, 4) is 0 Å². The van der Waals surface area contributed by atoms with Gasteiger partial charge in [-0.05, 0) is 0 Å². The molecule has 1 aliphatic rings. The molecule has 1 atom stereocenters. The quantitative estimate of drug-likeness (QED) is 0.598.